The zero-order chi connectivity index (χ0) is 11.1. The quantitative estimate of drug-likeness (QED) is 0.726. The topological polar surface area (TPSA) is 60.8 Å². The fraction of sp³-hybridized carbons (Fsp3) is 0.909. The number of likely N-dealkylation sites (tertiary alicyclic amines) is 1. The lowest BCUT2D eigenvalue weighted by molar-refractivity contribution is -0.138. The van der Waals surface area contributed by atoms with Crippen LogP contribution in [0.1, 0.15) is 39.0 Å². The summed E-state index contributed by atoms with van der Waals surface area (Å²) >= 11 is 0. The van der Waals surface area contributed by atoms with Crippen molar-refractivity contribution in [3.05, 3.63) is 0 Å². The molecule has 1 heterocycles. The summed E-state index contributed by atoms with van der Waals surface area (Å²) < 4.78 is 0. The van der Waals surface area contributed by atoms with Crippen molar-refractivity contribution in [3.8, 4) is 0 Å². The number of nitrogens with zero attached hydrogens (tertiary/aromatic N) is 1. The fourth-order valence-corrected chi connectivity index (χ4v) is 2.64. The number of aliphatic hydroxyl groups is 1. The summed E-state index contributed by atoms with van der Waals surface area (Å²) in [6.45, 7) is 2.78. The van der Waals surface area contributed by atoms with E-state index in [-0.39, 0.29) is 6.42 Å². The summed E-state index contributed by atoms with van der Waals surface area (Å²) in [6, 6.07) is 1.05. The van der Waals surface area contributed by atoms with E-state index in [1.54, 1.807) is 0 Å². The summed E-state index contributed by atoms with van der Waals surface area (Å²) in [6.07, 6.45) is 3.65. The number of rotatable bonds is 4. The van der Waals surface area contributed by atoms with E-state index in [9.17, 15) is 9.90 Å². The fourth-order valence-electron chi connectivity index (χ4n) is 2.64. The van der Waals surface area contributed by atoms with Gasteiger partial charge in [-0.25, -0.2) is 0 Å². The first-order valence-corrected chi connectivity index (χ1v) is 5.70. The predicted octanol–water partition coefficient (Wildman–Crippen LogP) is 0.839. The molecule has 1 aliphatic carbocycles. The average Bonchev–Trinajstić information content (AvgIpc) is 2.91. The number of aliphatic carboxylic acids is 1. The van der Waals surface area contributed by atoms with E-state index in [1.807, 2.05) is 0 Å². The van der Waals surface area contributed by atoms with Gasteiger partial charge >= 0.3 is 5.97 Å². The zero-order valence-electron chi connectivity index (χ0n) is 9.15. The average molecular weight is 213 g/mol. The molecule has 2 fully saturated rings. The highest BCUT2D eigenvalue weighted by molar-refractivity contribution is 5.66. The van der Waals surface area contributed by atoms with Gasteiger partial charge in [0.15, 0.2) is 0 Å². The van der Waals surface area contributed by atoms with Crippen molar-refractivity contribution in [2.45, 2.75) is 56.7 Å². The molecule has 2 aliphatic rings. The third-order valence-corrected chi connectivity index (χ3v) is 3.54. The second-order valence-corrected chi connectivity index (χ2v) is 5.07. The molecule has 2 rings (SSSR count). The minimum atomic E-state index is -0.819. The van der Waals surface area contributed by atoms with E-state index >= 15 is 0 Å². The maximum atomic E-state index is 10.5. The molecule has 1 saturated carbocycles. The Morgan fingerprint density at radius 1 is 1.53 bits per heavy atom. The first kappa shape index (κ1) is 10.9. The Morgan fingerprint density at radius 3 is 2.73 bits per heavy atom. The second kappa shape index (κ2) is 3.76. The van der Waals surface area contributed by atoms with Gasteiger partial charge in [-0.2, -0.15) is 0 Å². The molecule has 2 unspecified atom stereocenters. The molecule has 0 aromatic heterocycles. The van der Waals surface area contributed by atoms with Crippen LogP contribution >= 0.6 is 0 Å². The van der Waals surface area contributed by atoms with Gasteiger partial charge in [-0.15, -0.1) is 0 Å². The molecular weight excluding hydrogens is 194 g/mol. The highest BCUT2D eigenvalue weighted by Crippen LogP contribution is 2.38. The molecular formula is C11H19NO3. The van der Waals surface area contributed by atoms with Crippen LogP contribution in [0.5, 0.6) is 0 Å². The molecule has 1 saturated heterocycles. The first-order valence-electron chi connectivity index (χ1n) is 5.70. The molecule has 0 amide bonds. The van der Waals surface area contributed by atoms with Crippen LogP contribution in [0.3, 0.4) is 0 Å². The lowest BCUT2D eigenvalue weighted by Crippen LogP contribution is -2.35. The number of hydrogen-bond acceptors (Lipinski definition) is 3. The summed E-state index contributed by atoms with van der Waals surface area (Å²) in [4.78, 5) is 12.8. The van der Waals surface area contributed by atoms with Crippen molar-refractivity contribution in [2.24, 2.45) is 0 Å². The Bertz CT molecular complexity index is 265. The minimum absolute atomic E-state index is 0.0712. The first-order chi connectivity index (χ1) is 7.00. The van der Waals surface area contributed by atoms with Gasteiger partial charge in [0.05, 0.1) is 5.60 Å². The van der Waals surface area contributed by atoms with Crippen LogP contribution in [0.15, 0.2) is 0 Å². The van der Waals surface area contributed by atoms with Gasteiger partial charge in [0.25, 0.3) is 0 Å². The van der Waals surface area contributed by atoms with Crippen molar-refractivity contribution >= 4 is 5.97 Å². The lowest BCUT2D eigenvalue weighted by atomic mass is 9.95. The Kier molecular flexibility index (Phi) is 2.73. The standard InChI is InChI=1S/C11H19NO3/c1-8-6-11(15,5-4-10(13)14)7-12(8)9-2-3-9/h8-9,15H,2-7H2,1H3,(H,13,14). The Hall–Kier alpha value is -0.610. The van der Waals surface area contributed by atoms with E-state index in [1.165, 1.54) is 12.8 Å². The Morgan fingerprint density at radius 2 is 2.20 bits per heavy atom. The monoisotopic (exact) mass is 213 g/mol. The summed E-state index contributed by atoms with van der Waals surface area (Å²) in [5.41, 5.74) is -0.763. The van der Waals surface area contributed by atoms with Crippen molar-refractivity contribution in [3.63, 3.8) is 0 Å². The van der Waals surface area contributed by atoms with Gasteiger partial charge in [0.1, 0.15) is 0 Å². The number of β-amino-alcohol motifs (C(OH)–C–C–N with tert-alkyl or cyclic N) is 1. The number of hydrogen-bond donors (Lipinski definition) is 2. The van der Waals surface area contributed by atoms with Gasteiger partial charge in [-0.3, -0.25) is 9.69 Å². The highest BCUT2D eigenvalue weighted by atomic mass is 16.4. The predicted molar refractivity (Wildman–Crippen MR) is 55.6 cm³/mol. The van der Waals surface area contributed by atoms with Crippen LogP contribution in [0, 0.1) is 0 Å². The van der Waals surface area contributed by atoms with Crippen LogP contribution < -0.4 is 0 Å². The number of carboxylic acid groups (broad SMARTS) is 1. The number of carbonyl (C=O) groups is 1. The smallest absolute Gasteiger partial charge is 0.303 e. The molecule has 15 heavy (non-hydrogen) atoms. The number of carboxylic acids is 1. The summed E-state index contributed by atoms with van der Waals surface area (Å²) in [5.74, 6) is -0.819. The molecule has 1 aliphatic heterocycles. The van der Waals surface area contributed by atoms with Crippen LogP contribution in [-0.4, -0.2) is 45.3 Å². The van der Waals surface area contributed by atoms with Gasteiger partial charge in [0.2, 0.25) is 0 Å². The van der Waals surface area contributed by atoms with E-state index in [4.69, 9.17) is 5.11 Å². The molecule has 0 spiro atoms. The van der Waals surface area contributed by atoms with Crippen molar-refractivity contribution in [1.29, 1.82) is 0 Å². The molecule has 2 atom stereocenters. The lowest BCUT2D eigenvalue weighted by Gasteiger charge is -2.22. The zero-order valence-corrected chi connectivity index (χ0v) is 9.15. The molecule has 0 aromatic rings. The van der Waals surface area contributed by atoms with E-state index in [2.05, 4.69) is 11.8 Å². The van der Waals surface area contributed by atoms with Crippen LogP contribution in [0.4, 0.5) is 0 Å². The van der Waals surface area contributed by atoms with E-state index in [0.29, 0.717) is 25.0 Å². The minimum Gasteiger partial charge on any atom is -0.481 e. The maximum absolute atomic E-state index is 10.5. The van der Waals surface area contributed by atoms with Crippen LogP contribution in [0.2, 0.25) is 0 Å². The SMILES string of the molecule is CC1CC(O)(CCC(=O)O)CN1C1CC1. The summed E-state index contributed by atoms with van der Waals surface area (Å²) in [7, 11) is 0. The van der Waals surface area contributed by atoms with Gasteiger partial charge < -0.3 is 10.2 Å². The second-order valence-electron chi connectivity index (χ2n) is 5.07. The molecule has 86 valence electrons. The molecule has 4 nitrogen and oxygen atoms in total. The Balaban J connectivity index is 1.90. The van der Waals surface area contributed by atoms with Gasteiger partial charge in [-0.1, -0.05) is 0 Å². The third-order valence-electron chi connectivity index (χ3n) is 3.54. The molecule has 2 N–H and O–H groups in total. The van der Waals surface area contributed by atoms with Crippen molar-refractivity contribution < 1.29 is 15.0 Å². The van der Waals surface area contributed by atoms with Crippen molar-refractivity contribution in [2.75, 3.05) is 6.54 Å². The van der Waals surface area contributed by atoms with E-state index in [0.717, 1.165) is 6.42 Å². The normalized spacial score (nSPS) is 37.1. The third kappa shape index (κ3) is 2.49. The molecule has 0 bridgehead atoms. The summed E-state index contributed by atoms with van der Waals surface area (Å²) in [5, 5.41) is 18.9. The van der Waals surface area contributed by atoms with E-state index < -0.39 is 11.6 Å². The van der Waals surface area contributed by atoms with Gasteiger partial charge in [-0.05, 0) is 32.6 Å². The van der Waals surface area contributed by atoms with Crippen LogP contribution in [-0.2, 0) is 4.79 Å². The largest absolute Gasteiger partial charge is 0.481 e. The van der Waals surface area contributed by atoms with Crippen molar-refractivity contribution in [1.82, 2.24) is 4.90 Å². The van der Waals surface area contributed by atoms with Crippen LogP contribution in [0.25, 0.3) is 0 Å². The molecule has 4 heteroatoms. The maximum Gasteiger partial charge on any atom is 0.303 e. The highest BCUT2D eigenvalue weighted by Gasteiger charge is 2.45. The molecule has 0 radical (unpaired) electrons. The molecule has 0 aromatic carbocycles. The Labute approximate surface area is 89.9 Å². The van der Waals surface area contributed by atoms with Gasteiger partial charge in [0, 0.05) is 25.0 Å².